The number of carbonyl (C=O) groups excluding carboxylic acids is 1. The lowest BCUT2D eigenvalue weighted by molar-refractivity contribution is 0.0796. The van der Waals surface area contributed by atoms with Gasteiger partial charge in [-0.05, 0) is 31.0 Å². The number of amides is 1. The smallest absolute Gasteiger partial charge is 0.257 e. The molecule has 0 aliphatic heterocycles. The third-order valence-electron chi connectivity index (χ3n) is 3.30. The van der Waals surface area contributed by atoms with E-state index in [1.54, 1.807) is 28.2 Å². The van der Waals surface area contributed by atoms with Crippen molar-refractivity contribution in [1.82, 2.24) is 19.7 Å². The molecular formula is C14H18N4O. The Morgan fingerprint density at radius 1 is 1.37 bits per heavy atom. The Morgan fingerprint density at radius 2 is 2.05 bits per heavy atom. The van der Waals surface area contributed by atoms with Gasteiger partial charge in [0.05, 0.1) is 11.8 Å². The van der Waals surface area contributed by atoms with Crippen LogP contribution in [-0.2, 0) is 13.5 Å². The lowest BCUT2D eigenvalue weighted by atomic mass is 10.2. The van der Waals surface area contributed by atoms with Crippen LogP contribution in [0.5, 0.6) is 0 Å². The molecule has 0 aliphatic carbocycles. The standard InChI is InChI=1S/C14H18N4O/c1-11-13(10-16-18(11)3)14(19)17(2)9-6-12-4-7-15-8-5-12/h4-5,7-8,10H,6,9H2,1-3H3. The van der Waals surface area contributed by atoms with E-state index in [1.807, 2.05) is 33.2 Å². The summed E-state index contributed by atoms with van der Waals surface area (Å²) < 4.78 is 1.71. The van der Waals surface area contributed by atoms with Gasteiger partial charge in [0.25, 0.3) is 5.91 Å². The SMILES string of the molecule is Cc1c(C(=O)N(C)CCc2ccncc2)cnn1C. The van der Waals surface area contributed by atoms with E-state index in [2.05, 4.69) is 10.1 Å². The van der Waals surface area contributed by atoms with Crippen LogP contribution in [0.15, 0.2) is 30.7 Å². The van der Waals surface area contributed by atoms with E-state index in [0.717, 1.165) is 12.1 Å². The largest absolute Gasteiger partial charge is 0.341 e. The van der Waals surface area contributed by atoms with E-state index in [1.165, 1.54) is 5.56 Å². The molecule has 0 spiro atoms. The monoisotopic (exact) mass is 258 g/mol. The van der Waals surface area contributed by atoms with Gasteiger partial charge in [0.15, 0.2) is 0 Å². The van der Waals surface area contributed by atoms with Crippen molar-refractivity contribution >= 4 is 5.91 Å². The van der Waals surface area contributed by atoms with Gasteiger partial charge in [0.2, 0.25) is 0 Å². The number of carbonyl (C=O) groups is 1. The summed E-state index contributed by atoms with van der Waals surface area (Å²) in [7, 11) is 3.65. The van der Waals surface area contributed by atoms with Gasteiger partial charge in [-0.15, -0.1) is 0 Å². The van der Waals surface area contributed by atoms with E-state index in [0.29, 0.717) is 12.1 Å². The Morgan fingerprint density at radius 3 is 2.63 bits per heavy atom. The molecule has 0 aromatic carbocycles. The highest BCUT2D eigenvalue weighted by molar-refractivity contribution is 5.94. The lowest BCUT2D eigenvalue weighted by Gasteiger charge is -2.16. The van der Waals surface area contributed by atoms with Gasteiger partial charge in [-0.2, -0.15) is 5.10 Å². The van der Waals surface area contributed by atoms with Crippen LogP contribution in [0.2, 0.25) is 0 Å². The third kappa shape index (κ3) is 2.99. The lowest BCUT2D eigenvalue weighted by Crippen LogP contribution is -2.29. The summed E-state index contributed by atoms with van der Waals surface area (Å²) in [6.45, 7) is 2.58. The molecule has 1 amide bonds. The molecule has 5 heteroatoms. The van der Waals surface area contributed by atoms with Crippen LogP contribution in [0.25, 0.3) is 0 Å². The topological polar surface area (TPSA) is 51.0 Å². The van der Waals surface area contributed by atoms with Crippen molar-refractivity contribution in [1.29, 1.82) is 0 Å². The van der Waals surface area contributed by atoms with Gasteiger partial charge in [0, 0.05) is 38.7 Å². The first-order chi connectivity index (χ1) is 9.09. The van der Waals surface area contributed by atoms with Gasteiger partial charge in [0.1, 0.15) is 0 Å². The molecule has 100 valence electrons. The normalized spacial score (nSPS) is 10.5. The number of nitrogens with zero attached hydrogens (tertiary/aromatic N) is 4. The Bertz CT molecular complexity index is 562. The van der Waals surface area contributed by atoms with Crippen molar-refractivity contribution in [3.63, 3.8) is 0 Å². The van der Waals surface area contributed by atoms with Crippen LogP contribution < -0.4 is 0 Å². The molecule has 0 aliphatic rings. The van der Waals surface area contributed by atoms with Gasteiger partial charge >= 0.3 is 0 Å². The molecule has 0 N–H and O–H groups in total. The predicted octanol–water partition coefficient (Wildman–Crippen LogP) is 1.44. The summed E-state index contributed by atoms with van der Waals surface area (Å²) in [4.78, 5) is 18.0. The maximum absolute atomic E-state index is 12.3. The van der Waals surface area contributed by atoms with Crippen LogP contribution in [0, 0.1) is 6.92 Å². The first-order valence-electron chi connectivity index (χ1n) is 6.22. The molecule has 0 saturated heterocycles. The molecule has 0 fully saturated rings. The molecule has 0 bridgehead atoms. The summed E-state index contributed by atoms with van der Waals surface area (Å²) >= 11 is 0. The molecule has 2 rings (SSSR count). The molecule has 19 heavy (non-hydrogen) atoms. The zero-order valence-corrected chi connectivity index (χ0v) is 11.5. The Kier molecular flexibility index (Phi) is 3.94. The summed E-state index contributed by atoms with van der Waals surface area (Å²) in [6.07, 6.45) is 5.98. The summed E-state index contributed by atoms with van der Waals surface area (Å²) in [5.41, 5.74) is 2.73. The maximum atomic E-state index is 12.3. The van der Waals surface area contributed by atoms with Crippen molar-refractivity contribution < 1.29 is 4.79 Å². The molecule has 0 atom stereocenters. The molecule has 2 aromatic heterocycles. The molecule has 0 radical (unpaired) electrons. The number of likely N-dealkylation sites (N-methyl/N-ethyl adjacent to an activating group) is 1. The summed E-state index contributed by atoms with van der Waals surface area (Å²) in [5, 5.41) is 4.10. The van der Waals surface area contributed by atoms with Crippen LogP contribution >= 0.6 is 0 Å². The molecule has 0 saturated carbocycles. The fourth-order valence-corrected chi connectivity index (χ4v) is 1.86. The molecule has 5 nitrogen and oxygen atoms in total. The van der Waals surface area contributed by atoms with Crippen LogP contribution in [0.1, 0.15) is 21.6 Å². The minimum Gasteiger partial charge on any atom is -0.341 e. The average molecular weight is 258 g/mol. The zero-order valence-electron chi connectivity index (χ0n) is 11.5. The highest BCUT2D eigenvalue weighted by atomic mass is 16.2. The van der Waals surface area contributed by atoms with E-state index in [-0.39, 0.29) is 5.91 Å². The Hall–Kier alpha value is -2.17. The minimum absolute atomic E-state index is 0.0136. The van der Waals surface area contributed by atoms with Crippen molar-refractivity contribution in [3.05, 3.63) is 47.5 Å². The predicted molar refractivity (Wildman–Crippen MR) is 72.8 cm³/mol. The first kappa shape index (κ1) is 13.3. The highest BCUT2D eigenvalue weighted by Crippen LogP contribution is 2.09. The van der Waals surface area contributed by atoms with Crippen molar-refractivity contribution in [2.75, 3.05) is 13.6 Å². The highest BCUT2D eigenvalue weighted by Gasteiger charge is 2.16. The molecule has 2 aromatic rings. The fourth-order valence-electron chi connectivity index (χ4n) is 1.86. The maximum Gasteiger partial charge on any atom is 0.257 e. The second-order valence-corrected chi connectivity index (χ2v) is 4.60. The summed E-state index contributed by atoms with van der Waals surface area (Å²) in [5.74, 6) is 0.0136. The minimum atomic E-state index is 0.0136. The van der Waals surface area contributed by atoms with Crippen molar-refractivity contribution in [2.45, 2.75) is 13.3 Å². The van der Waals surface area contributed by atoms with E-state index < -0.39 is 0 Å². The average Bonchev–Trinajstić information content (AvgIpc) is 2.77. The number of hydrogen-bond donors (Lipinski definition) is 0. The number of pyridine rings is 1. The van der Waals surface area contributed by atoms with Crippen LogP contribution in [-0.4, -0.2) is 39.2 Å². The molecule has 0 unspecified atom stereocenters. The number of aryl methyl sites for hydroxylation is 1. The number of aromatic nitrogens is 3. The number of rotatable bonds is 4. The quantitative estimate of drug-likeness (QED) is 0.833. The van der Waals surface area contributed by atoms with Gasteiger partial charge in [-0.1, -0.05) is 0 Å². The van der Waals surface area contributed by atoms with E-state index in [4.69, 9.17) is 0 Å². The second kappa shape index (κ2) is 5.65. The van der Waals surface area contributed by atoms with Crippen molar-refractivity contribution in [2.24, 2.45) is 7.05 Å². The Labute approximate surface area is 112 Å². The fraction of sp³-hybridized carbons (Fsp3) is 0.357. The van der Waals surface area contributed by atoms with Gasteiger partial charge < -0.3 is 4.90 Å². The van der Waals surface area contributed by atoms with Crippen molar-refractivity contribution in [3.8, 4) is 0 Å². The summed E-state index contributed by atoms with van der Waals surface area (Å²) in [6, 6.07) is 3.93. The second-order valence-electron chi connectivity index (χ2n) is 4.60. The van der Waals surface area contributed by atoms with Crippen LogP contribution in [0.4, 0.5) is 0 Å². The molecule has 2 heterocycles. The Balaban J connectivity index is 1.98. The van der Waals surface area contributed by atoms with Crippen LogP contribution in [0.3, 0.4) is 0 Å². The number of hydrogen-bond acceptors (Lipinski definition) is 3. The van der Waals surface area contributed by atoms with E-state index >= 15 is 0 Å². The molecular weight excluding hydrogens is 240 g/mol. The van der Waals surface area contributed by atoms with Gasteiger partial charge in [-0.3, -0.25) is 14.5 Å². The third-order valence-corrected chi connectivity index (χ3v) is 3.30. The zero-order chi connectivity index (χ0) is 13.8. The first-order valence-corrected chi connectivity index (χ1v) is 6.22. The van der Waals surface area contributed by atoms with Gasteiger partial charge in [-0.25, -0.2) is 0 Å². The van der Waals surface area contributed by atoms with E-state index in [9.17, 15) is 4.79 Å².